The zero-order chi connectivity index (χ0) is 20.3. The molecule has 0 atom stereocenters. The van der Waals surface area contributed by atoms with Gasteiger partial charge in [-0.05, 0) is 108 Å². The van der Waals surface area contributed by atoms with Gasteiger partial charge in [0.15, 0.2) is 4.32 Å². The lowest BCUT2D eigenvalue weighted by atomic mass is 9.49. The zero-order valence-electron chi connectivity index (χ0n) is 15.6. The zero-order valence-corrected chi connectivity index (χ0v) is 18.8. The minimum Gasteiger partial charge on any atom is -0.273 e. The summed E-state index contributed by atoms with van der Waals surface area (Å²) in [6.45, 7) is 0. The molecule has 8 heteroatoms. The number of thioether (sulfide) groups is 1. The van der Waals surface area contributed by atoms with Crippen LogP contribution in [0.3, 0.4) is 0 Å². The van der Waals surface area contributed by atoms with Gasteiger partial charge in [0, 0.05) is 0 Å². The van der Waals surface area contributed by atoms with E-state index in [1.165, 1.54) is 30.3 Å². The van der Waals surface area contributed by atoms with Crippen molar-refractivity contribution in [1.29, 1.82) is 0 Å². The smallest absolute Gasteiger partial charge is 0.273 e. The molecule has 29 heavy (non-hydrogen) atoms. The SMILES string of the molecule is O=C1/C(=C\c2ccc(F)c(Br)c2)SC(=S)N1NC(=O)C12CC3CC(CC(C3)C1)C2. The van der Waals surface area contributed by atoms with Gasteiger partial charge in [-0.3, -0.25) is 15.0 Å². The van der Waals surface area contributed by atoms with Crippen LogP contribution in [0.15, 0.2) is 27.6 Å². The molecular formula is C21H20BrFN2O2S2. The molecule has 2 amide bonds. The van der Waals surface area contributed by atoms with Gasteiger partial charge in [-0.15, -0.1) is 0 Å². The molecule has 1 aromatic carbocycles. The fraction of sp³-hybridized carbons (Fsp3) is 0.476. The highest BCUT2D eigenvalue weighted by Gasteiger charge is 2.55. The van der Waals surface area contributed by atoms with E-state index in [4.69, 9.17) is 12.2 Å². The van der Waals surface area contributed by atoms with E-state index in [0.29, 0.717) is 37.0 Å². The normalized spacial score (nSPS) is 34.3. The summed E-state index contributed by atoms with van der Waals surface area (Å²) in [4.78, 5) is 26.5. The Bertz CT molecular complexity index is 929. The Hall–Kier alpha value is -1.25. The Labute approximate surface area is 186 Å². The number of thiocarbonyl (C=S) groups is 1. The van der Waals surface area contributed by atoms with Gasteiger partial charge in [-0.25, -0.2) is 4.39 Å². The van der Waals surface area contributed by atoms with Crippen LogP contribution >= 0.6 is 39.9 Å². The summed E-state index contributed by atoms with van der Waals surface area (Å²) in [7, 11) is 0. The van der Waals surface area contributed by atoms with Crippen LogP contribution in [0.2, 0.25) is 0 Å². The molecule has 4 aliphatic carbocycles. The van der Waals surface area contributed by atoms with E-state index in [9.17, 15) is 14.0 Å². The molecule has 4 saturated carbocycles. The molecule has 0 unspecified atom stereocenters. The highest BCUT2D eigenvalue weighted by molar-refractivity contribution is 9.10. The van der Waals surface area contributed by atoms with Gasteiger partial charge in [0.1, 0.15) is 5.82 Å². The van der Waals surface area contributed by atoms with Crippen molar-refractivity contribution in [1.82, 2.24) is 10.4 Å². The predicted molar refractivity (Wildman–Crippen MR) is 118 cm³/mol. The van der Waals surface area contributed by atoms with Gasteiger partial charge in [-0.1, -0.05) is 17.8 Å². The van der Waals surface area contributed by atoms with Crippen LogP contribution in [-0.4, -0.2) is 21.1 Å². The Balaban J connectivity index is 1.33. The van der Waals surface area contributed by atoms with Crippen LogP contribution < -0.4 is 5.43 Å². The maximum absolute atomic E-state index is 13.4. The topological polar surface area (TPSA) is 49.4 Å². The lowest BCUT2D eigenvalue weighted by molar-refractivity contribution is -0.152. The molecule has 4 bridgehead atoms. The van der Waals surface area contributed by atoms with Gasteiger partial charge < -0.3 is 0 Å². The quantitative estimate of drug-likeness (QED) is 0.472. The second-order valence-corrected chi connectivity index (χ2v) is 11.4. The molecule has 1 aliphatic heterocycles. The molecule has 5 fully saturated rings. The first-order valence-corrected chi connectivity index (χ1v) is 11.9. The van der Waals surface area contributed by atoms with Crippen molar-refractivity contribution in [3.05, 3.63) is 39.0 Å². The average molecular weight is 495 g/mol. The summed E-state index contributed by atoms with van der Waals surface area (Å²) in [5.41, 5.74) is 3.19. The molecule has 1 heterocycles. The van der Waals surface area contributed by atoms with Gasteiger partial charge in [-0.2, -0.15) is 5.01 Å². The molecule has 4 nitrogen and oxygen atoms in total. The number of hydrazine groups is 1. The Kier molecular flexibility index (Phi) is 4.87. The second kappa shape index (κ2) is 7.17. The minimum absolute atomic E-state index is 0.0568. The second-order valence-electron chi connectivity index (χ2n) is 8.83. The van der Waals surface area contributed by atoms with Crippen molar-refractivity contribution < 1.29 is 14.0 Å². The Morgan fingerprint density at radius 3 is 2.45 bits per heavy atom. The van der Waals surface area contributed by atoms with E-state index in [1.807, 2.05) is 0 Å². The number of nitrogens with one attached hydrogen (secondary N) is 1. The maximum Gasteiger partial charge on any atom is 0.285 e. The van der Waals surface area contributed by atoms with Crippen LogP contribution in [-0.2, 0) is 9.59 Å². The average Bonchev–Trinajstić information content (AvgIpc) is 2.91. The van der Waals surface area contributed by atoms with E-state index >= 15 is 0 Å². The summed E-state index contributed by atoms with van der Waals surface area (Å²) in [5, 5.41) is 1.21. The molecule has 1 N–H and O–H groups in total. The summed E-state index contributed by atoms with van der Waals surface area (Å²) in [6.07, 6.45) is 8.22. The van der Waals surface area contributed by atoms with E-state index in [-0.39, 0.29) is 23.0 Å². The number of nitrogens with zero attached hydrogens (tertiary/aromatic N) is 1. The third-order valence-corrected chi connectivity index (χ3v) is 8.68. The maximum atomic E-state index is 13.4. The van der Waals surface area contributed by atoms with Crippen LogP contribution in [0, 0.1) is 29.0 Å². The van der Waals surface area contributed by atoms with Crippen molar-refractivity contribution >= 4 is 62.1 Å². The number of carbonyl (C=O) groups excluding carboxylic acids is 2. The van der Waals surface area contributed by atoms with E-state index in [1.54, 1.807) is 18.2 Å². The Morgan fingerprint density at radius 1 is 1.24 bits per heavy atom. The first kappa shape index (κ1) is 19.7. The summed E-state index contributed by atoms with van der Waals surface area (Å²) < 4.78 is 14.1. The van der Waals surface area contributed by atoms with Crippen LogP contribution in [0.1, 0.15) is 44.1 Å². The van der Waals surface area contributed by atoms with Crippen LogP contribution in [0.5, 0.6) is 0 Å². The molecule has 1 saturated heterocycles. The first-order chi connectivity index (χ1) is 13.8. The van der Waals surface area contributed by atoms with Crippen LogP contribution in [0.25, 0.3) is 6.08 Å². The van der Waals surface area contributed by atoms with Crippen molar-refractivity contribution in [2.24, 2.45) is 23.2 Å². The fourth-order valence-corrected chi connectivity index (χ4v) is 7.50. The number of halogens is 2. The highest BCUT2D eigenvalue weighted by atomic mass is 79.9. The van der Waals surface area contributed by atoms with Crippen molar-refractivity contribution in [3.8, 4) is 0 Å². The number of hydrogen-bond acceptors (Lipinski definition) is 4. The fourth-order valence-electron chi connectivity index (χ4n) is 5.93. The number of rotatable bonds is 3. The molecule has 1 aromatic rings. The molecule has 0 radical (unpaired) electrons. The third-order valence-electron chi connectivity index (χ3n) is 6.77. The van der Waals surface area contributed by atoms with Gasteiger partial charge in [0.2, 0.25) is 5.91 Å². The van der Waals surface area contributed by atoms with E-state index < -0.39 is 0 Å². The number of hydrogen-bond donors (Lipinski definition) is 1. The molecule has 0 spiro atoms. The summed E-state index contributed by atoms with van der Waals surface area (Å²) >= 11 is 9.67. The lowest BCUT2D eigenvalue weighted by Crippen LogP contribution is -2.57. The Morgan fingerprint density at radius 2 is 1.86 bits per heavy atom. The number of amides is 2. The summed E-state index contributed by atoms with van der Waals surface area (Å²) in [5.74, 6) is 1.19. The van der Waals surface area contributed by atoms with Crippen LogP contribution in [0.4, 0.5) is 4.39 Å². The molecule has 6 rings (SSSR count). The molecule has 5 aliphatic rings. The first-order valence-electron chi connectivity index (χ1n) is 9.87. The van der Waals surface area contributed by atoms with Gasteiger partial charge >= 0.3 is 0 Å². The molecule has 152 valence electrons. The van der Waals surface area contributed by atoms with Gasteiger partial charge in [0.05, 0.1) is 14.8 Å². The predicted octanol–water partition coefficient (Wildman–Crippen LogP) is 5.04. The largest absolute Gasteiger partial charge is 0.285 e. The van der Waals surface area contributed by atoms with Crippen molar-refractivity contribution in [3.63, 3.8) is 0 Å². The summed E-state index contributed by atoms with van der Waals surface area (Å²) in [6, 6.07) is 4.54. The highest BCUT2D eigenvalue weighted by Crippen LogP contribution is 2.60. The molecular weight excluding hydrogens is 475 g/mol. The van der Waals surface area contributed by atoms with Crippen molar-refractivity contribution in [2.45, 2.75) is 38.5 Å². The standard InChI is InChI=1S/C21H20BrFN2O2S2/c22-15-6-11(1-2-16(15)23)7-17-18(26)25(20(28)29-17)24-19(27)21-8-12-3-13(9-21)5-14(4-12)10-21/h1-2,6-7,12-14H,3-5,8-10H2,(H,24,27)/b17-7+. The third kappa shape index (κ3) is 3.47. The van der Waals surface area contributed by atoms with Crippen molar-refractivity contribution in [2.75, 3.05) is 0 Å². The number of benzene rings is 1. The van der Waals surface area contributed by atoms with Gasteiger partial charge in [0.25, 0.3) is 5.91 Å². The lowest BCUT2D eigenvalue weighted by Gasteiger charge is -2.55. The minimum atomic E-state index is -0.363. The monoisotopic (exact) mass is 494 g/mol. The van der Waals surface area contributed by atoms with E-state index in [0.717, 1.165) is 31.0 Å². The van der Waals surface area contributed by atoms with E-state index in [2.05, 4.69) is 21.4 Å². The number of carbonyl (C=O) groups is 2. The molecule has 0 aromatic heterocycles.